The van der Waals surface area contributed by atoms with Crippen molar-refractivity contribution < 1.29 is 14.4 Å². The van der Waals surface area contributed by atoms with Gasteiger partial charge in [0.25, 0.3) is 0 Å². The van der Waals surface area contributed by atoms with Crippen LogP contribution in [0.5, 0.6) is 0 Å². The Hall–Kier alpha value is -1.85. The molecule has 0 aromatic carbocycles. The van der Waals surface area contributed by atoms with Crippen molar-refractivity contribution in [3.05, 3.63) is 12.2 Å². The molecule has 0 aliphatic rings. The van der Waals surface area contributed by atoms with Gasteiger partial charge in [0.05, 0.1) is 0 Å². The van der Waals surface area contributed by atoms with Gasteiger partial charge in [0, 0.05) is 25.9 Å². The first-order valence-corrected chi connectivity index (χ1v) is 15.5. The minimum absolute atomic E-state index is 0.0664. The topological polar surface area (TPSA) is 87.3 Å². The Morgan fingerprint density at radius 1 is 0.568 bits per heavy atom. The minimum Gasteiger partial charge on any atom is -0.356 e. The molecule has 0 saturated heterocycles. The number of hydrogen-bond donors (Lipinski definition) is 3. The largest absolute Gasteiger partial charge is 0.356 e. The van der Waals surface area contributed by atoms with E-state index < -0.39 is 6.04 Å². The first-order valence-electron chi connectivity index (χ1n) is 15.5. The van der Waals surface area contributed by atoms with E-state index in [-0.39, 0.29) is 24.1 Å². The SMILES string of the molecule is CCCCCCCCCCC/C=C/CCCCC(=O)N[C@@H](CCC(=O)NCCCC)C(=O)NCCCC. The van der Waals surface area contributed by atoms with Crippen molar-refractivity contribution in [3.8, 4) is 0 Å². The Morgan fingerprint density at radius 2 is 1.08 bits per heavy atom. The van der Waals surface area contributed by atoms with Crippen molar-refractivity contribution in [2.24, 2.45) is 0 Å². The zero-order chi connectivity index (χ0) is 27.4. The highest BCUT2D eigenvalue weighted by Gasteiger charge is 2.21. The van der Waals surface area contributed by atoms with E-state index in [2.05, 4.69) is 48.9 Å². The zero-order valence-corrected chi connectivity index (χ0v) is 24.5. The van der Waals surface area contributed by atoms with Crippen LogP contribution in [0.15, 0.2) is 12.2 Å². The Balaban J connectivity index is 4.06. The van der Waals surface area contributed by atoms with E-state index in [4.69, 9.17) is 0 Å². The lowest BCUT2D eigenvalue weighted by molar-refractivity contribution is -0.129. The average molecular weight is 522 g/mol. The first-order chi connectivity index (χ1) is 18.0. The van der Waals surface area contributed by atoms with E-state index >= 15 is 0 Å². The average Bonchev–Trinajstić information content (AvgIpc) is 2.89. The summed E-state index contributed by atoms with van der Waals surface area (Å²) in [6.07, 6.45) is 25.5. The molecule has 37 heavy (non-hydrogen) atoms. The summed E-state index contributed by atoms with van der Waals surface area (Å²) >= 11 is 0. The van der Waals surface area contributed by atoms with Crippen molar-refractivity contribution >= 4 is 17.7 Å². The maximum atomic E-state index is 12.6. The van der Waals surface area contributed by atoms with Crippen LogP contribution < -0.4 is 16.0 Å². The molecule has 6 heteroatoms. The van der Waals surface area contributed by atoms with Gasteiger partial charge in [0.1, 0.15) is 6.04 Å². The summed E-state index contributed by atoms with van der Waals surface area (Å²) in [6, 6.07) is -0.655. The fourth-order valence-corrected chi connectivity index (χ4v) is 4.17. The molecule has 0 aromatic rings. The third-order valence-electron chi connectivity index (χ3n) is 6.66. The van der Waals surface area contributed by atoms with Gasteiger partial charge in [-0.2, -0.15) is 0 Å². The Morgan fingerprint density at radius 3 is 1.68 bits per heavy atom. The summed E-state index contributed by atoms with van der Waals surface area (Å²) in [5.41, 5.74) is 0. The molecular formula is C31H59N3O3. The van der Waals surface area contributed by atoms with Crippen molar-refractivity contribution in [2.45, 2.75) is 155 Å². The molecule has 3 amide bonds. The lowest BCUT2D eigenvalue weighted by Crippen LogP contribution is -2.47. The number of carbonyl (C=O) groups excluding carboxylic acids is 3. The summed E-state index contributed by atoms with van der Waals surface area (Å²) in [5, 5.41) is 8.64. The molecular weight excluding hydrogens is 462 g/mol. The molecule has 216 valence electrons. The maximum Gasteiger partial charge on any atom is 0.242 e. The Kier molecular flexibility index (Phi) is 25.8. The zero-order valence-electron chi connectivity index (χ0n) is 24.5. The predicted octanol–water partition coefficient (Wildman–Crippen LogP) is 7.12. The number of carbonyl (C=O) groups is 3. The van der Waals surface area contributed by atoms with E-state index in [1.54, 1.807) is 0 Å². The third kappa shape index (κ3) is 24.3. The van der Waals surface area contributed by atoms with Crippen molar-refractivity contribution in [1.82, 2.24) is 16.0 Å². The highest BCUT2D eigenvalue weighted by atomic mass is 16.2. The van der Waals surface area contributed by atoms with Crippen LogP contribution in [0.3, 0.4) is 0 Å². The van der Waals surface area contributed by atoms with E-state index in [1.165, 1.54) is 57.8 Å². The second-order valence-electron chi connectivity index (χ2n) is 10.3. The van der Waals surface area contributed by atoms with Gasteiger partial charge in [-0.15, -0.1) is 0 Å². The first kappa shape index (κ1) is 35.2. The highest BCUT2D eigenvalue weighted by Crippen LogP contribution is 2.11. The molecule has 0 aliphatic heterocycles. The minimum atomic E-state index is -0.655. The van der Waals surface area contributed by atoms with Gasteiger partial charge in [-0.25, -0.2) is 0 Å². The van der Waals surface area contributed by atoms with Crippen LogP contribution in [-0.4, -0.2) is 36.9 Å². The van der Waals surface area contributed by atoms with Gasteiger partial charge in [0.15, 0.2) is 0 Å². The smallest absolute Gasteiger partial charge is 0.242 e. The standard InChI is InChI=1S/C31H59N3O3/c1-4-7-10-11-12-13-14-15-16-17-18-19-20-21-22-23-30(36)34-28(31(37)33-27-9-6-3)24-25-29(35)32-26-8-5-2/h18-19,28H,4-17,20-27H2,1-3H3,(H,32,35)(H,33,37)(H,34,36)/b19-18+/t28-/m0/s1. The molecule has 1 atom stereocenters. The molecule has 0 spiro atoms. The molecule has 0 rings (SSSR count). The summed E-state index contributed by atoms with van der Waals surface area (Å²) in [5.74, 6) is -0.369. The number of unbranched alkanes of at least 4 members (excludes halogenated alkanes) is 13. The molecule has 0 saturated carbocycles. The third-order valence-corrected chi connectivity index (χ3v) is 6.66. The van der Waals surface area contributed by atoms with E-state index in [0.29, 0.717) is 25.9 Å². The summed E-state index contributed by atoms with van der Waals surface area (Å²) in [7, 11) is 0. The van der Waals surface area contributed by atoms with Crippen LogP contribution in [0.2, 0.25) is 0 Å². The molecule has 0 aliphatic carbocycles. The quantitative estimate of drug-likeness (QED) is 0.0836. The van der Waals surface area contributed by atoms with Crippen LogP contribution in [0, 0.1) is 0 Å². The maximum absolute atomic E-state index is 12.6. The van der Waals surface area contributed by atoms with Gasteiger partial charge >= 0.3 is 0 Å². The van der Waals surface area contributed by atoms with Gasteiger partial charge in [-0.1, -0.05) is 97.1 Å². The molecule has 6 nitrogen and oxygen atoms in total. The summed E-state index contributed by atoms with van der Waals surface area (Å²) in [4.78, 5) is 37.1. The van der Waals surface area contributed by atoms with E-state index in [1.807, 2.05) is 0 Å². The monoisotopic (exact) mass is 521 g/mol. The van der Waals surface area contributed by atoms with Gasteiger partial charge in [-0.05, 0) is 51.4 Å². The molecule has 0 aromatic heterocycles. The van der Waals surface area contributed by atoms with Gasteiger partial charge in [0.2, 0.25) is 17.7 Å². The molecule has 3 N–H and O–H groups in total. The van der Waals surface area contributed by atoms with Crippen LogP contribution in [0.25, 0.3) is 0 Å². The predicted molar refractivity (Wildman–Crippen MR) is 156 cm³/mol. The second kappa shape index (κ2) is 27.2. The number of hydrogen-bond acceptors (Lipinski definition) is 3. The van der Waals surface area contributed by atoms with Crippen LogP contribution in [0.1, 0.15) is 149 Å². The normalized spacial score (nSPS) is 12.0. The highest BCUT2D eigenvalue weighted by molar-refractivity contribution is 5.88. The van der Waals surface area contributed by atoms with E-state index in [0.717, 1.165) is 51.4 Å². The summed E-state index contributed by atoms with van der Waals surface area (Å²) < 4.78 is 0. The molecule has 0 bridgehead atoms. The summed E-state index contributed by atoms with van der Waals surface area (Å²) in [6.45, 7) is 7.66. The molecule has 0 unspecified atom stereocenters. The molecule has 0 heterocycles. The Labute approximate surface area is 228 Å². The number of allylic oxidation sites excluding steroid dienone is 2. The van der Waals surface area contributed by atoms with Crippen LogP contribution in [0.4, 0.5) is 0 Å². The fraction of sp³-hybridized carbons (Fsp3) is 0.839. The van der Waals surface area contributed by atoms with Crippen molar-refractivity contribution in [2.75, 3.05) is 13.1 Å². The molecule has 0 fully saturated rings. The Bertz CT molecular complexity index is 592. The van der Waals surface area contributed by atoms with Crippen LogP contribution in [-0.2, 0) is 14.4 Å². The van der Waals surface area contributed by atoms with E-state index in [9.17, 15) is 14.4 Å². The number of rotatable bonds is 26. The lowest BCUT2D eigenvalue weighted by Gasteiger charge is -2.18. The van der Waals surface area contributed by atoms with Crippen molar-refractivity contribution in [3.63, 3.8) is 0 Å². The fourth-order valence-electron chi connectivity index (χ4n) is 4.17. The number of amides is 3. The second-order valence-corrected chi connectivity index (χ2v) is 10.3. The number of nitrogens with one attached hydrogen (secondary N) is 3. The lowest BCUT2D eigenvalue weighted by atomic mass is 10.1. The molecule has 0 radical (unpaired) electrons. The van der Waals surface area contributed by atoms with Crippen molar-refractivity contribution in [1.29, 1.82) is 0 Å². The van der Waals surface area contributed by atoms with Gasteiger partial charge < -0.3 is 16.0 Å². The van der Waals surface area contributed by atoms with Gasteiger partial charge in [-0.3, -0.25) is 14.4 Å². The van der Waals surface area contributed by atoms with Crippen LogP contribution >= 0.6 is 0 Å².